The Balaban J connectivity index is 1.51. The van der Waals surface area contributed by atoms with E-state index in [1.807, 2.05) is 0 Å². The van der Waals surface area contributed by atoms with Crippen molar-refractivity contribution < 1.29 is 0 Å². The number of aryl methyl sites for hydroxylation is 2. The van der Waals surface area contributed by atoms with Crippen LogP contribution in [0.1, 0.15) is 42.5 Å². The summed E-state index contributed by atoms with van der Waals surface area (Å²) in [5, 5.41) is 0. The molecule has 1 atom stereocenters. The van der Waals surface area contributed by atoms with Crippen LogP contribution in [0.15, 0.2) is 41.5 Å². The molecule has 0 bridgehead atoms. The highest BCUT2D eigenvalue weighted by Gasteiger charge is 2.18. The maximum Gasteiger partial charge on any atom is 0.270 e. The average molecular weight is 325 g/mol. The molecule has 1 aromatic heterocycles. The molecule has 128 valence electrons. The number of aromatic amines is 1. The third kappa shape index (κ3) is 4.54. The molecular formula is C20H27N3O. The first-order valence-corrected chi connectivity index (χ1v) is 9.02. The zero-order chi connectivity index (χ0) is 16.8. The predicted octanol–water partition coefficient (Wildman–Crippen LogP) is 3.31. The fraction of sp³-hybridized carbons (Fsp3) is 0.500. The highest BCUT2D eigenvalue weighted by molar-refractivity contribution is 5.25. The third-order valence-corrected chi connectivity index (χ3v) is 5.18. The monoisotopic (exact) mass is 325 g/mol. The van der Waals surface area contributed by atoms with Gasteiger partial charge in [-0.1, -0.05) is 24.3 Å². The lowest BCUT2D eigenvalue weighted by molar-refractivity contribution is 0.267. The molecule has 1 fully saturated rings. The van der Waals surface area contributed by atoms with Crippen LogP contribution in [-0.2, 0) is 13.0 Å². The molecule has 0 saturated carbocycles. The van der Waals surface area contributed by atoms with Crippen LogP contribution in [0.25, 0.3) is 0 Å². The lowest BCUT2D eigenvalue weighted by atomic mass is 9.92. The van der Waals surface area contributed by atoms with E-state index in [9.17, 15) is 4.79 Å². The normalized spacial score (nSPS) is 19.1. The SMILES string of the molecule is Cc1ccccc1CCC1CCCN(Cc2ncc[nH]c2=O)CC1. The maximum atomic E-state index is 11.8. The number of nitrogens with zero attached hydrogens (tertiary/aromatic N) is 2. The number of hydrogen-bond donors (Lipinski definition) is 1. The number of aromatic nitrogens is 2. The fourth-order valence-electron chi connectivity index (χ4n) is 3.63. The summed E-state index contributed by atoms with van der Waals surface area (Å²) in [4.78, 5) is 21.1. The van der Waals surface area contributed by atoms with Crippen LogP contribution in [0.2, 0.25) is 0 Å². The van der Waals surface area contributed by atoms with E-state index in [-0.39, 0.29) is 5.56 Å². The summed E-state index contributed by atoms with van der Waals surface area (Å²) in [5.41, 5.74) is 3.47. The Labute approximate surface area is 143 Å². The minimum absolute atomic E-state index is 0.0575. The molecule has 2 heterocycles. The molecule has 4 heteroatoms. The fourth-order valence-corrected chi connectivity index (χ4v) is 3.63. The second-order valence-electron chi connectivity index (χ2n) is 6.90. The summed E-state index contributed by atoms with van der Waals surface area (Å²) in [6, 6.07) is 8.71. The predicted molar refractivity (Wildman–Crippen MR) is 97.0 cm³/mol. The molecule has 4 nitrogen and oxygen atoms in total. The van der Waals surface area contributed by atoms with Crippen molar-refractivity contribution in [2.24, 2.45) is 5.92 Å². The molecule has 0 radical (unpaired) electrons. The van der Waals surface area contributed by atoms with Gasteiger partial charge in [0.1, 0.15) is 5.69 Å². The van der Waals surface area contributed by atoms with Crippen molar-refractivity contribution in [2.75, 3.05) is 13.1 Å². The Kier molecular flexibility index (Phi) is 5.81. The lowest BCUT2D eigenvalue weighted by Gasteiger charge is -2.19. The first-order chi connectivity index (χ1) is 11.7. The van der Waals surface area contributed by atoms with Crippen molar-refractivity contribution in [3.8, 4) is 0 Å². The van der Waals surface area contributed by atoms with Gasteiger partial charge >= 0.3 is 0 Å². The van der Waals surface area contributed by atoms with Crippen molar-refractivity contribution in [2.45, 2.75) is 45.6 Å². The summed E-state index contributed by atoms with van der Waals surface area (Å²) in [5.74, 6) is 0.789. The van der Waals surface area contributed by atoms with Crippen molar-refractivity contribution in [1.29, 1.82) is 0 Å². The summed E-state index contributed by atoms with van der Waals surface area (Å²) in [7, 11) is 0. The van der Waals surface area contributed by atoms with Gasteiger partial charge in [-0.3, -0.25) is 14.7 Å². The topological polar surface area (TPSA) is 49.0 Å². The van der Waals surface area contributed by atoms with Crippen LogP contribution in [0.3, 0.4) is 0 Å². The largest absolute Gasteiger partial charge is 0.326 e. The second-order valence-corrected chi connectivity index (χ2v) is 6.90. The van der Waals surface area contributed by atoms with Crippen molar-refractivity contribution >= 4 is 0 Å². The van der Waals surface area contributed by atoms with E-state index in [1.165, 1.54) is 43.2 Å². The summed E-state index contributed by atoms with van der Waals surface area (Å²) < 4.78 is 0. The van der Waals surface area contributed by atoms with Gasteiger partial charge in [0.05, 0.1) is 0 Å². The van der Waals surface area contributed by atoms with Crippen molar-refractivity contribution in [1.82, 2.24) is 14.9 Å². The zero-order valence-electron chi connectivity index (χ0n) is 14.5. The molecule has 0 aliphatic carbocycles. The standard InChI is InChI=1S/C20H27N3O/c1-16-5-2-3-7-18(16)9-8-17-6-4-13-23(14-10-17)15-19-20(24)22-12-11-21-19/h2-3,5,7,11-12,17H,4,6,8-10,13-15H2,1H3,(H,22,24). The number of hydrogen-bond acceptors (Lipinski definition) is 3. The zero-order valence-corrected chi connectivity index (χ0v) is 14.5. The molecule has 24 heavy (non-hydrogen) atoms. The van der Waals surface area contributed by atoms with Crippen LogP contribution < -0.4 is 5.56 Å². The van der Waals surface area contributed by atoms with E-state index in [4.69, 9.17) is 0 Å². The molecular weight excluding hydrogens is 298 g/mol. The van der Waals surface area contributed by atoms with Gasteiger partial charge in [-0.2, -0.15) is 0 Å². The van der Waals surface area contributed by atoms with Crippen LogP contribution in [0, 0.1) is 12.8 Å². The van der Waals surface area contributed by atoms with Gasteiger partial charge < -0.3 is 4.98 Å². The van der Waals surface area contributed by atoms with Gasteiger partial charge in [-0.05, 0) is 69.2 Å². The Hall–Kier alpha value is -1.94. The molecule has 1 aromatic carbocycles. The molecule has 1 aliphatic rings. The molecule has 1 N–H and O–H groups in total. The minimum atomic E-state index is -0.0575. The van der Waals surface area contributed by atoms with Crippen LogP contribution >= 0.6 is 0 Å². The Morgan fingerprint density at radius 3 is 2.96 bits per heavy atom. The second kappa shape index (κ2) is 8.25. The summed E-state index contributed by atoms with van der Waals surface area (Å²) in [6.07, 6.45) is 9.43. The van der Waals surface area contributed by atoms with Crippen molar-refractivity contribution in [3.05, 3.63) is 63.8 Å². The third-order valence-electron chi connectivity index (χ3n) is 5.18. The van der Waals surface area contributed by atoms with E-state index in [1.54, 1.807) is 12.4 Å². The van der Waals surface area contributed by atoms with Crippen LogP contribution in [0.4, 0.5) is 0 Å². The summed E-state index contributed by atoms with van der Waals surface area (Å²) >= 11 is 0. The number of benzene rings is 1. The minimum Gasteiger partial charge on any atom is -0.326 e. The lowest BCUT2D eigenvalue weighted by Crippen LogP contribution is -2.28. The first kappa shape index (κ1) is 16.9. The van der Waals surface area contributed by atoms with Gasteiger partial charge in [0, 0.05) is 18.9 Å². The molecule has 1 aliphatic heterocycles. The van der Waals surface area contributed by atoms with E-state index >= 15 is 0 Å². The van der Waals surface area contributed by atoms with Gasteiger partial charge in [-0.15, -0.1) is 0 Å². The molecule has 0 amide bonds. The van der Waals surface area contributed by atoms with E-state index < -0.39 is 0 Å². The van der Waals surface area contributed by atoms with E-state index in [2.05, 4.69) is 46.1 Å². The summed E-state index contributed by atoms with van der Waals surface area (Å²) in [6.45, 7) is 5.00. The van der Waals surface area contributed by atoms with Gasteiger partial charge in [0.15, 0.2) is 0 Å². The molecule has 1 saturated heterocycles. The Morgan fingerprint density at radius 2 is 2.12 bits per heavy atom. The van der Waals surface area contributed by atoms with Gasteiger partial charge in [0.25, 0.3) is 5.56 Å². The first-order valence-electron chi connectivity index (χ1n) is 9.02. The Morgan fingerprint density at radius 1 is 1.25 bits per heavy atom. The molecule has 0 spiro atoms. The number of nitrogens with one attached hydrogen (secondary N) is 1. The van der Waals surface area contributed by atoms with Crippen LogP contribution in [0.5, 0.6) is 0 Å². The number of H-pyrrole nitrogens is 1. The molecule has 2 aromatic rings. The average Bonchev–Trinajstić information content (AvgIpc) is 2.82. The smallest absolute Gasteiger partial charge is 0.270 e. The molecule has 1 unspecified atom stereocenters. The van der Waals surface area contributed by atoms with Gasteiger partial charge in [0.2, 0.25) is 0 Å². The number of rotatable bonds is 5. The van der Waals surface area contributed by atoms with E-state index in [0.717, 1.165) is 19.0 Å². The Bertz CT molecular complexity index is 710. The highest BCUT2D eigenvalue weighted by Crippen LogP contribution is 2.23. The molecule has 3 rings (SSSR count). The van der Waals surface area contributed by atoms with Gasteiger partial charge in [-0.25, -0.2) is 0 Å². The van der Waals surface area contributed by atoms with Crippen molar-refractivity contribution in [3.63, 3.8) is 0 Å². The quantitative estimate of drug-likeness (QED) is 0.917. The highest BCUT2D eigenvalue weighted by atomic mass is 16.1. The van der Waals surface area contributed by atoms with E-state index in [0.29, 0.717) is 12.2 Å². The van der Waals surface area contributed by atoms with Crippen LogP contribution in [-0.4, -0.2) is 28.0 Å². The maximum absolute atomic E-state index is 11.8. The number of likely N-dealkylation sites (tertiary alicyclic amines) is 1.